The monoisotopic (exact) mass is 307 g/mol. The van der Waals surface area contributed by atoms with E-state index in [1.54, 1.807) is 19.2 Å². The molecule has 1 N–H and O–H groups in total. The Hall–Kier alpha value is -1.58. The summed E-state index contributed by atoms with van der Waals surface area (Å²) in [7, 11) is 1.66. The first-order valence-electron chi connectivity index (χ1n) is 6.96. The topological polar surface area (TPSA) is 21.3 Å². The van der Waals surface area contributed by atoms with Gasteiger partial charge in [0.15, 0.2) is 0 Å². The van der Waals surface area contributed by atoms with Crippen LogP contribution in [-0.4, -0.2) is 13.7 Å². The van der Waals surface area contributed by atoms with Gasteiger partial charge >= 0.3 is 0 Å². The normalized spacial score (nSPS) is 12.2. The van der Waals surface area contributed by atoms with Crippen LogP contribution in [-0.2, 0) is 6.42 Å². The molecule has 2 rings (SSSR count). The fourth-order valence-corrected chi connectivity index (χ4v) is 2.60. The molecular weight excluding hydrogens is 289 g/mol. The minimum Gasteiger partial charge on any atom is -0.496 e. The molecule has 0 aliphatic carbocycles. The van der Waals surface area contributed by atoms with Gasteiger partial charge < -0.3 is 10.1 Å². The molecule has 0 spiro atoms. The Morgan fingerprint density at radius 1 is 1.24 bits per heavy atom. The molecule has 0 aliphatic heterocycles. The number of para-hydroxylation sites is 1. The third kappa shape index (κ3) is 3.96. The number of likely N-dealkylation sites (N-methyl/N-ethyl adjacent to an activating group) is 1. The molecule has 112 valence electrons. The van der Waals surface area contributed by atoms with Gasteiger partial charge in [0.1, 0.15) is 11.6 Å². The van der Waals surface area contributed by atoms with E-state index in [4.69, 9.17) is 16.3 Å². The average molecular weight is 308 g/mol. The van der Waals surface area contributed by atoms with Crippen LogP contribution in [0.4, 0.5) is 4.39 Å². The minimum absolute atomic E-state index is 0.0904. The van der Waals surface area contributed by atoms with Crippen LogP contribution in [0.5, 0.6) is 5.75 Å². The number of halogens is 2. The molecule has 0 heterocycles. The summed E-state index contributed by atoms with van der Waals surface area (Å²) in [6, 6.07) is 12.8. The van der Waals surface area contributed by atoms with Crippen LogP contribution in [0.2, 0.25) is 5.02 Å². The van der Waals surface area contributed by atoms with Crippen molar-refractivity contribution in [3.05, 3.63) is 64.4 Å². The number of rotatable bonds is 6. The summed E-state index contributed by atoms with van der Waals surface area (Å²) in [5.41, 5.74) is 2.07. The molecule has 0 amide bonds. The molecule has 2 aromatic carbocycles. The fourth-order valence-electron chi connectivity index (χ4n) is 2.40. The SMILES string of the molecule is CCNC(Cc1ccc(F)c(Cl)c1)c1ccccc1OC. The van der Waals surface area contributed by atoms with Gasteiger partial charge in [-0.05, 0) is 36.7 Å². The van der Waals surface area contributed by atoms with E-state index in [0.717, 1.165) is 23.4 Å². The molecule has 1 unspecified atom stereocenters. The molecule has 2 aromatic rings. The second-order valence-corrected chi connectivity index (χ2v) is 5.21. The van der Waals surface area contributed by atoms with Crippen molar-refractivity contribution in [2.45, 2.75) is 19.4 Å². The van der Waals surface area contributed by atoms with Crippen molar-refractivity contribution in [1.29, 1.82) is 0 Å². The third-order valence-electron chi connectivity index (χ3n) is 3.39. The Morgan fingerprint density at radius 2 is 2.00 bits per heavy atom. The Bertz CT molecular complexity index is 603. The lowest BCUT2D eigenvalue weighted by atomic mass is 9.98. The van der Waals surface area contributed by atoms with Gasteiger partial charge in [-0.25, -0.2) is 4.39 Å². The molecule has 4 heteroatoms. The zero-order valence-electron chi connectivity index (χ0n) is 12.2. The molecule has 0 fully saturated rings. The van der Waals surface area contributed by atoms with E-state index in [1.807, 2.05) is 24.3 Å². The lowest BCUT2D eigenvalue weighted by molar-refractivity contribution is 0.399. The molecular formula is C17H19ClFNO. The minimum atomic E-state index is -0.391. The maximum Gasteiger partial charge on any atom is 0.141 e. The lowest BCUT2D eigenvalue weighted by Crippen LogP contribution is -2.23. The number of hydrogen-bond acceptors (Lipinski definition) is 2. The molecule has 2 nitrogen and oxygen atoms in total. The van der Waals surface area contributed by atoms with Gasteiger partial charge in [-0.2, -0.15) is 0 Å². The highest BCUT2D eigenvalue weighted by molar-refractivity contribution is 6.30. The van der Waals surface area contributed by atoms with Gasteiger partial charge in [0, 0.05) is 11.6 Å². The van der Waals surface area contributed by atoms with Crippen molar-refractivity contribution < 1.29 is 9.13 Å². The number of benzene rings is 2. The number of nitrogens with one attached hydrogen (secondary N) is 1. The maximum absolute atomic E-state index is 13.3. The standard InChI is InChI=1S/C17H19ClFNO/c1-3-20-16(13-6-4-5-7-17(13)21-2)11-12-8-9-15(19)14(18)10-12/h4-10,16,20H,3,11H2,1-2H3. The quantitative estimate of drug-likeness (QED) is 0.855. The molecule has 0 bridgehead atoms. The van der Waals surface area contributed by atoms with E-state index >= 15 is 0 Å². The summed E-state index contributed by atoms with van der Waals surface area (Å²) >= 11 is 5.86. The first-order valence-corrected chi connectivity index (χ1v) is 7.33. The van der Waals surface area contributed by atoms with Crippen LogP contribution in [0, 0.1) is 5.82 Å². The largest absolute Gasteiger partial charge is 0.496 e. The van der Waals surface area contributed by atoms with Crippen LogP contribution in [0.15, 0.2) is 42.5 Å². The van der Waals surface area contributed by atoms with Crippen LogP contribution in [0.25, 0.3) is 0 Å². The second-order valence-electron chi connectivity index (χ2n) is 4.80. The molecule has 1 atom stereocenters. The highest BCUT2D eigenvalue weighted by Gasteiger charge is 2.16. The van der Waals surface area contributed by atoms with Gasteiger partial charge in [0.25, 0.3) is 0 Å². The smallest absolute Gasteiger partial charge is 0.141 e. The average Bonchev–Trinajstić information content (AvgIpc) is 2.50. The van der Waals surface area contributed by atoms with Gasteiger partial charge in [-0.3, -0.25) is 0 Å². The first kappa shape index (κ1) is 15.8. The van der Waals surface area contributed by atoms with Crippen LogP contribution < -0.4 is 10.1 Å². The number of ether oxygens (including phenoxy) is 1. The summed E-state index contributed by atoms with van der Waals surface area (Å²) in [4.78, 5) is 0. The Morgan fingerprint density at radius 3 is 2.67 bits per heavy atom. The van der Waals surface area contributed by atoms with Gasteiger partial charge in [-0.15, -0.1) is 0 Å². The predicted molar refractivity (Wildman–Crippen MR) is 84.5 cm³/mol. The van der Waals surface area contributed by atoms with Gasteiger partial charge in [-0.1, -0.05) is 42.8 Å². The van der Waals surface area contributed by atoms with E-state index < -0.39 is 5.82 Å². The molecule has 0 radical (unpaired) electrons. The summed E-state index contributed by atoms with van der Waals surface area (Å²) in [6.45, 7) is 2.89. The van der Waals surface area contributed by atoms with E-state index in [-0.39, 0.29) is 11.1 Å². The van der Waals surface area contributed by atoms with Crippen LogP contribution in [0.3, 0.4) is 0 Å². The van der Waals surface area contributed by atoms with Crippen molar-refractivity contribution in [1.82, 2.24) is 5.32 Å². The van der Waals surface area contributed by atoms with Crippen molar-refractivity contribution in [3.8, 4) is 5.75 Å². The van der Waals surface area contributed by atoms with Gasteiger partial charge in [0.2, 0.25) is 0 Å². The Labute approximate surface area is 129 Å². The highest BCUT2D eigenvalue weighted by atomic mass is 35.5. The second kappa shape index (κ2) is 7.43. The Balaban J connectivity index is 2.28. The Kier molecular flexibility index (Phi) is 5.59. The zero-order chi connectivity index (χ0) is 15.2. The summed E-state index contributed by atoms with van der Waals surface area (Å²) in [6.07, 6.45) is 0.716. The molecule has 0 aromatic heterocycles. The number of hydrogen-bond donors (Lipinski definition) is 1. The van der Waals surface area contributed by atoms with E-state index in [0.29, 0.717) is 6.42 Å². The molecule has 0 saturated carbocycles. The highest BCUT2D eigenvalue weighted by Crippen LogP contribution is 2.28. The summed E-state index contributed by atoms with van der Waals surface area (Å²) in [5, 5.41) is 3.59. The van der Waals surface area contributed by atoms with Crippen molar-refractivity contribution in [3.63, 3.8) is 0 Å². The zero-order valence-corrected chi connectivity index (χ0v) is 13.0. The van der Waals surface area contributed by atoms with E-state index in [9.17, 15) is 4.39 Å². The third-order valence-corrected chi connectivity index (χ3v) is 3.68. The molecule has 0 aliphatic rings. The van der Waals surface area contributed by atoms with E-state index in [2.05, 4.69) is 12.2 Å². The maximum atomic E-state index is 13.3. The molecule has 0 saturated heterocycles. The first-order chi connectivity index (χ1) is 10.2. The van der Waals surface area contributed by atoms with Crippen molar-refractivity contribution >= 4 is 11.6 Å². The number of methoxy groups -OCH3 is 1. The van der Waals surface area contributed by atoms with Crippen molar-refractivity contribution in [2.24, 2.45) is 0 Å². The lowest BCUT2D eigenvalue weighted by Gasteiger charge is -2.21. The summed E-state index contributed by atoms with van der Waals surface area (Å²) in [5.74, 6) is 0.453. The van der Waals surface area contributed by atoms with Crippen LogP contribution >= 0.6 is 11.6 Å². The summed E-state index contributed by atoms with van der Waals surface area (Å²) < 4.78 is 18.7. The van der Waals surface area contributed by atoms with Crippen molar-refractivity contribution in [2.75, 3.05) is 13.7 Å². The van der Waals surface area contributed by atoms with Gasteiger partial charge in [0.05, 0.1) is 12.1 Å². The molecule has 21 heavy (non-hydrogen) atoms. The van der Waals surface area contributed by atoms with E-state index in [1.165, 1.54) is 6.07 Å². The predicted octanol–water partition coefficient (Wildman–Crippen LogP) is 4.38. The fraction of sp³-hybridized carbons (Fsp3) is 0.294. The van der Waals surface area contributed by atoms with Crippen LogP contribution in [0.1, 0.15) is 24.1 Å².